The Morgan fingerprint density at radius 2 is 1.80 bits per heavy atom. The third-order valence-electron chi connectivity index (χ3n) is 4.03. The van der Waals surface area contributed by atoms with Gasteiger partial charge in [0.05, 0.1) is 26.4 Å². The van der Waals surface area contributed by atoms with Gasteiger partial charge in [-0.3, -0.25) is 4.79 Å². The van der Waals surface area contributed by atoms with Crippen molar-refractivity contribution >= 4 is 17.5 Å². The molecule has 1 heterocycles. The van der Waals surface area contributed by atoms with Crippen LogP contribution in [-0.4, -0.2) is 26.2 Å². The second kappa shape index (κ2) is 7.66. The molecule has 5 nitrogen and oxygen atoms in total. The number of carbonyl (C=O) groups excluding carboxylic acids is 1. The molecule has 0 bridgehead atoms. The molecule has 1 atom stereocenters. The number of benzene rings is 2. The number of amides is 1. The fourth-order valence-corrected chi connectivity index (χ4v) is 2.95. The van der Waals surface area contributed by atoms with Gasteiger partial charge in [-0.25, -0.2) is 0 Å². The lowest BCUT2D eigenvalue weighted by atomic mass is 10.1. The summed E-state index contributed by atoms with van der Waals surface area (Å²) in [6.07, 6.45) is 0.825. The molecule has 0 fully saturated rings. The number of hydrogen-bond donors (Lipinski definition) is 1. The van der Waals surface area contributed by atoms with E-state index in [1.165, 1.54) is 0 Å². The maximum Gasteiger partial charge on any atom is 0.251 e. The molecule has 1 N–H and O–H groups in total. The molecule has 0 radical (unpaired) electrons. The highest BCUT2D eigenvalue weighted by molar-refractivity contribution is 6.31. The van der Waals surface area contributed by atoms with Crippen molar-refractivity contribution in [3.63, 3.8) is 0 Å². The van der Waals surface area contributed by atoms with Gasteiger partial charge in [0.25, 0.3) is 5.91 Å². The van der Waals surface area contributed by atoms with E-state index in [0.717, 1.165) is 12.0 Å². The van der Waals surface area contributed by atoms with Crippen LogP contribution in [0.5, 0.6) is 17.2 Å². The minimum absolute atomic E-state index is 0.182. The van der Waals surface area contributed by atoms with Crippen molar-refractivity contribution in [3.8, 4) is 17.2 Å². The summed E-state index contributed by atoms with van der Waals surface area (Å²) in [5.74, 6) is 1.82. The van der Waals surface area contributed by atoms with E-state index in [-0.39, 0.29) is 11.9 Å². The van der Waals surface area contributed by atoms with Gasteiger partial charge in [-0.05, 0) is 42.8 Å². The Kier molecular flexibility index (Phi) is 5.34. The van der Waals surface area contributed by atoms with Gasteiger partial charge in [0.15, 0.2) is 11.5 Å². The molecule has 2 aromatic rings. The quantitative estimate of drug-likeness (QED) is 0.894. The predicted molar refractivity (Wildman–Crippen MR) is 95.9 cm³/mol. The minimum Gasteiger partial charge on any atom is -0.497 e. The normalized spacial score (nSPS) is 14.4. The molecular formula is C19H20ClNO4. The van der Waals surface area contributed by atoms with Crippen molar-refractivity contribution in [3.05, 3.63) is 52.5 Å². The first-order valence-corrected chi connectivity index (χ1v) is 8.50. The highest BCUT2D eigenvalue weighted by atomic mass is 35.5. The second-order valence-corrected chi connectivity index (χ2v) is 6.20. The summed E-state index contributed by atoms with van der Waals surface area (Å²) >= 11 is 6.38. The first-order valence-electron chi connectivity index (χ1n) is 8.12. The maximum absolute atomic E-state index is 12.4. The monoisotopic (exact) mass is 361 g/mol. The molecule has 0 spiro atoms. The van der Waals surface area contributed by atoms with Crippen LogP contribution < -0.4 is 19.5 Å². The van der Waals surface area contributed by atoms with Crippen LogP contribution in [0.1, 0.15) is 35.3 Å². The highest BCUT2D eigenvalue weighted by Crippen LogP contribution is 2.37. The maximum atomic E-state index is 12.4. The summed E-state index contributed by atoms with van der Waals surface area (Å²) < 4.78 is 16.4. The van der Waals surface area contributed by atoms with E-state index >= 15 is 0 Å². The molecule has 0 aromatic heterocycles. The number of halogens is 1. The molecule has 25 heavy (non-hydrogen) atoms. The number of rotatable bonds is 4. The zero-order valence-corrected chi connectivity index (χ0v) is 14.9. The van der Waals surface area contributed by atoms with Crippen LogP contribution in [0.4, 0.5) is 0 Å². The van der Waals surface area contributed by atoms with Crippen molar-refractivity contribution in [2.24, 2.45) is 0 Å². The van der Waals surface area contributed by atoms with Crippen LogP contribution in [-0.2, 0) is 0 Å². The summed E-state index contributed by atoms with van der Waals surface area (Å²) in [5.41, 5.74) is 1.34. The lowest BCUT2D eigenvalue weighted by Crippen LogP contribution is -2.26. The average Bonchev–Trinajstić information content (AvgIpc) is 2.85. The zero-order valence-electron chi connectivity index (χ0n) is 14.2. The fourth-order valence-electron chi connectivity index (χ4n) is 2.63. The molecule has 0 saturated heterocycles. The van der Waals surface area contributed by atoms with Crippen molar-refractivity contribution in [2.45, 2.75) is 19.4 Å². The summed E-state index contributed by atoms with van der Waals surface area (Å²) in [4.78, 5) is 12.4. The van der Waals surface area contributed by atoms with E-state index in [4.69, 9.17) is 25.8 Å². The van der Waals surface area contributed by atoms with Crippen molar-refractivity contribution in [2.75, 3.05) is 20.3 Å². The molecule has 6 heteroatoms. The molecule has 132 valence electrons. The predicted octanol–water partition coefficient (Wildman–Crippen LogP) is 4.00. The van der Waals surface area contributed by atoms with Crippen LogP contribution in [0.25, 0.3) is 0 Å². The Balaban J connectivity index is 1.77. The van der Waals surface area contributed by atoms with E-state index in [1.54, 1.807) is 37.4 Å². The second-order valence-electron chi connectivity index (χ2n) is 5.79. The molecule has 0 aliphatic carbocycles. The van der Waals surface area contributed by atoms with Gasteiger partial charge in [0, 0.05) is 23.1 Å². The van der Waals surface area contributed by atoms with Gasteiger partial charge >= 0.3 is 0 Å². The van der Waals surface area contributed by atoms with E-state index in [2.05, 4.69) is 5.32 Å². The zero-order chi connectivity index (χ0) is 17.8. The van der Waals surface area contributed by atoms with Gasteiger partial charge < -0.3 is 19.5 Å². The Labute approximate surface area is 151 Å². The topological polar surface area (TPSA) is 56.8 Å². The van der Waals surface area contributed by atoms with Crippen molar-refractivity contribution in [1.29, 1.82) is 0 Å². The van der Waals surface area contributed by atoms with E-state index in [9.17, 15) is 4.79 Å². The minimum atomic E-state index is -0.278. The summed E-state index contributed by atoms with van der Waals surface area (Å²) in [5, 5.41) is 3.49. The molecule has 3 rings (SSSR count). The van der Waals surface area contributed by atoms with Gasteiger partial charge in [0.1, 0.15) is 5.75 Å². The van der Waals surface area contributed by atoms with E-state index < -0.39 is 0 Å². The third-order valence-corrected chi connectivity index (χ3v) is 4.36. The van der Waals surface area contributed by atoms with Crippen LogP contribution >= 0.6 is 11.6 Å². The summed E-state index contributed by atoms with van der Waals surface area (Å²) in [6, 6.07) is 10.2. The van der Waals surface area contributed by atoms with E-state index in [0.29, 0.717) is 41.0 Å². The number of hydrogen-bond acceptors (Lipinski definition) is 4. The lowest BCUT2D eigenvalue weighted by molar-refractivity contribution is 0.0940. The molecule has 2 aromatic carbocycles. The van der Waals surface area contributed by atoms with Gasteiger partial charge in [-0.2, -0.15) is 0 Å². The Bertz CT molecular complexity index is 761. The smallest absolute Gasteiger partial charge is 0.251 e. The average molecular weight is 362 g/mol. The molecule has 1 aliphatic rings. The van der Waals surface area contributed by atoms with Gasteiger partial charge in [-0.1, -0.05) is 11.6 Å². The number of fused-ring (bicyclic) bond motifs is 1. The first kappa shape index (κ1) is 17.4. The molecule has 0 unspecified atom stereocenters. The Hall–Kier alpha value is -2.40. The largest absolute Gasteiger partial charge is 0.497 e. The highest BCUT2D eigenvalue weighted by Gasteiger charge is 2.19. The standard InChI is InChI=1S/C19H20ClNO4/c1-12(21-19(22)13-4-6-14(23-2)7-5-13)15-10-17-18(11-16(15)20)25-9-3-8-24-17/h4-7,10-12H,3,8-9H2,1-2H3,(H,21,22)/t12-/m0/s1. The summed E-state index contributed by atoms with van der Waals surface area (Å²) in [6.45, 7) is 3.08. The molecule has 1 amide bonds. The van der Waals surface area contributed by atoms with Crippen LogP contribution in [0.15, 0.2) is 36.4 Å². The third kappa shape index (κ3) is 3.99. The lowest BCUT2D eigenvalue weighted by Gasteiger charge is -2.18. The SMILES string of the molecule is COc1ccc(C(=O)N[C@@H](C)c2cc3c(cc2Cl)OCCCO3)cc1. The number of carbonyl (C=O) groups is 1. The van der Waals surface area contributed by atoms with Gasteiger partial charge in [0.2, 0.25) is 0 Å². The molecular weight excluding hydrogens is 342 g/mol. The van der Waals surface area contributed by atoms with Crippen LogP contribution in [0.2, 0.25) is 5.02 Å². The van der Waals surface area contributed by atoms with E-state index in [1.807, 2.05) is 13.0 Å². The molecule has 0 saturated carbocycles. The van der Waals surface area contributed by atoms with Crippen molar-refractivity contribution < 1.29 is 19.0 Å². The van der Waals surface area contributed by atoms with Crippen LogP contribution in [0.3, 0.4) is 0 Å². The number of nitrogens with one attached hydrogen (secondary N) is 1. The Morgan fingerprint density at radius 1 is 1.16 bits per heavy atom. The van der Waals surface area contributed by atoms with Crippen molar-refractivity contribution in [1.82, 2.24) is 5.32 Å². The first-order chi connectivity index (χ1) is 12.1. The van der Waals surface area contributed by atoms with Crippen LogP contribution in [0, 0.1) is 0 Å². The van der Waals surface area contributed by atoms with Gasteiger partial charge in [-0.15, -0.1) is 0 Å². The summed E-state index contributed by atoms with van der Waals surface area (Å²) in [7, 11) is 1.59. The number of methoxy groups -OCH3 is 1. The Morgan fingerprint density at radius 3 is 2.44 bits per heavy atom. The fraction of sp³-hybridized carbons (Fsp3) is 0.316. The molecule has 1 aliphatic heterocycles. The number of ether oxygens (including phenoxy) is 3.